The van der Waals surface area contributed by atoms with Crippen molar-refractivity contribution in [2.45, 2.75) is 19.4 Å². The Morgan fingerprint density at radius 1 is 1.37 bits per heavy atom. The van der Waals surface area contributed by atoms with Gasteiger partial charge >= 0.3 is 0 Å². The van der Waals surface area contributed by atoms with Crippen LogP contribution in [0, 0.1) is 18.6 Å². The van der Waals surface area contributed by atoms with E-state index in [4.69, 9.17) is 5.84 Å². The minimum atomic E-state index is -0.630. The highest BCUT2D eigenvalue weighted by atomic mass is 19.1. The Morgan fingerprint density at radius 2 is 2.11 bits per heavy atom. The molecule has 1 unspecified atom stereocenters. The summed E-state index contributed by atoms with van der Waals surface area (Å²) in [7, 11) is 1.74. The summed E-state index contributed by atoms with van der Waals surface area (Å²) in [4.78, 5) is 0. The van der Waals surface area contributed by atoms with Gasteiger partial charge in [-0.1, -0.05) is 5.21 Å². The SMILES string of the molecule is Cc1cc(C(Cc2cn(C)nn2)NN)c(F)cc1F. The van der Waals surface area contributed by atoms with Gasteiger partial charge in [0.05, 0.1) is 11.7 Å². The van der Waals surface area contributed by atoms with Crippen molar-refractivity contribution in [1.82, 2.24) is 20.4 Å². The van der Waals surface area contributed by atoms with Gasteiger partial charge in [-0.2, -0.15) is 0 Å². The third-order valence-corrected chi connectivity index (χ3v) is 2.92. The second-order valence-corrected chi connectivity index (χ2v) is 4.43. The number of halogens is 2. The molecular weight excluding hydrogens is 252 g/mol. The van der Waals surface area contributed by atoms with E-state index in [9.17, 15) is 8.78 Å². The summed E-state index contributed by atoms with van der Waals surface area (Å²) in [6.07, 6.45) is 2.09. The number of aryl methyl sites for hydroxylation is 2. The lowest BCUT2D eigenvalue weighted by Gasteiger charge is -2.16. The van der Waals surface area contributed by atoms with E-state index >= 15 is 0 Å². The van der Waals surface area contributed by atoms with Crippen molar-refractivity contribution in [3.8, 4) is 0 Å². The molecule has 19 heavy (non-hydrogen) atoms. The fourth-order valence-electron chi connectivity index (χ4n) is 1.90. The van der Waals surface area contributed by atoms with Gasteiger partial charge in [0.25, 0.3) is 0 Å². The maximum atomic E-state index is 13.8. The second-order valence-electron chi connectivity index (χ2n) is 4.43. The predicted octanol–water partition coefficient (Wildman–Crippen LogP) is 1.15. The molecule has 0 radical (unpaired) electrons. The Labute approximate surface area is 109 Å². The van der Waals surface area contributed by atoms with Crippen LogP contribution in [0.25, 0.3) is 0 Å². The number of nitrogens with one attached hydrogen (secondary N) is 1. The number of hydrazine groups is 1. The number of benzene rings is 1. The smallest absolute Gasteiger partial charge is 0.130 e. The molecule has 1 aromatic heterocycles. The number of aromatic nitrogens is 3. The zero-order valence-corrected chi connectivity index (χ0v) is 10.7. The molecule has 2 aromatic rings. The molecule has 1 heterocycles. The molecule has 0 spiro atoms. The van der Waals surface area contributed by atoms with E-state index in [-0.39, 0.29) is 0 Å². The van der Waals surface area contributed by atoms with E-state index < -0.39 is 17.7 Å². The highest BCUT2D eigenvalue weighted by Gasteiger charge is 2.18. The van der Waals surface area contributed by atoms with Crippen LogP contribution in [0.15, 0.2) is 18.3 Å². The second kappa shape index (κ2) is 5.41. The van der Waals surface area contributed by atoms with Crippen LogP contribution in [0.1, 0.15) is 22.9 Å². The summed E-state index contributed by atoms with van der Waals surface area (Å²) in [5.74, 6) is 4.25. The Bertz CT molecular complexity index is 581. The lowest BCUT2D eigenvalue weighted by molar-refractivity contribution is 0.497. The molecule has 0 saturated carbocycles. The van der Waals surface area contributed by atoms with Gasteiger partial charge in [0.15, 0.2) is 0 Å². The third kappa shape index (κ3) is 2.94. The Kier molecular flexibility index (Phi) is 3.87. The van der Waals surface area contributed by atoms with Crippen LogP contribution in [0.2, 0.25) is 0 Å². The zero-order valence-electron chi connectivity index (χ0n) is 10.7. The predicted molar refractivity (Wildman–Crippen MR) is 65.9 cm³/mol. The van der Waals surface area contributed by atoms with Gasteiger partial charge in [0.1, 0.15) is 11.6 Å². The van der Waals surface area contributed by atoms with Crippen molar-refractivity contribution < 1.29 is 8.78 Å². The summed E-state index contributed by atoms with van der Waals surface area (Å²) in [5, 5.41) is 7.72. The lowest BCUT2D eigenvalue weighted by Crippen LogP contribution is -2.30. The third-order valence-electron chi connectivity index (χ3n) is 2.92. The van der Waals surface area contributed by atoms with Crippen LogP contribution in [-0.4, -0.2) is 15.0 Å². The van der Waals surface area contributed by atoms with Crippen molar-refractivity contribution in [3.05, 3.63) is 46.8 Å². The molecule has 0 aliphatic heterocycles. The Hall–Kier alpha value is -1.86. The first-order valence-corrected chi connectivity index (χ1v) is 5.78. The highest BCUT2D eigenvalue weighted by Crippen LogP contribution is 2.22. The molecule has 0 aliphatic carbocycles. The molecule has 7 heteroatoms. The molecule has 0 saturated heterocycles. The van der Waals surface area contributed by atoms with E-state index in [0.29, 0.717) is 23.2 Å². The van der Waals surface area contributed by atoms with Gasteiger partial charge in [0, 0.05) is 31.3 Å². The average Bonchev–Trinajstić information content (AvgIpc) is 2.77. The van der Waals surface area contributed by atoms with Crippen LogP contribution >= 0.6 is 0 Å². The maximum absolute atomic E-state index is 13.8. The number of nitrogens with two attached hydrogens (primary N) is 1. The average molecular weight is 267 g/mol. The normalized spacial score (nSPS) is 12.7. The summed E-state index contributed by atoms with van der Waals surface area (Å²) in [6, 6.07) is 1.83. The van der Waals surface area contributed by atoms with Crippen LogP contribution in [0.4, 0.5) is 8.78 Å². The standard InChI is InChI=1S/C12H15F2N5/c1-7-3-9(11(14)5-10(7)13)12(16-15)4-8-6-19(2)18-17-8/h3,5-6,12,16H,4,15H2,1-2H3. The molecule has 1 atom stereocenters. The minimum Gasteiger partial charge on any atom is -0.271 e. The van der Waals surface area contributed by atoms with Crippen molar-refractivity contribution in [1.29, 1.82) is 0 Å². The first-order chi connectivity index (χ1) is 9.01. The van der Waals surface area contributed by atoms with Gasteiger partial charge in [-0.05, 0) is 18.6 Å². The minimum absolute atomic E-state index is 0.312. The van der Waals surface area contributed by atoms with Gasteiger partial charge in [-0.15, -0.1) is 5.10 Å². The van der Waals surface area contributed by atoms with Crippen molar-refractivity contribution >= 4 is 0 Å². The van der Waals surface area contributed by atoms with E-state index in [1.54, 1.807) is 24.9 Å². The van der Waals surface area contributed by atoms with E-state index in [1.807, 2.05) is 0 Å². The fourth-order valence-corrected chi connectivity index (χ4v) is 1.90. The summed E-state index contributed by atoms with van der Waals surface area (Å²) in [6.45, 7) is 1.58. The largest absolute Gasteiger partial charge is 0.271 e. The molecular formula is C12H15F2N5. The molecule has 5 nitrogen and oxygen atoms in total. The van der Waals surface area contributed by atoms with Gasteiger partial charge in [-0.3, -0.25) is 16.0 Å². The van der Waals surface area contributed by atoms with Gasteiger partial charge < -0.3 is 0 Å². The van der Waals surface area contributed by atoms with Crippen LogP contribution in [0.5, 0.6) is 0 Å². The highest BCUT2D eigenvalue weighted by molar-refractivity contribution is 5.29. The molecule has 0 amide bonds. The first-order valence-electron chi connectivity index (χ1n) is 5.78. The Balaban J connectivity index is 2.29. The van der Waals surface area contributed by atoms with E-state index in [0.717, 1.165) is 6.07 Å². The summed E-state index contributed by atoms with van der Waals surface area (Å²) < 4.78 is 28.6. The van der Waals surface area contributed by atoms with E-state index in [2.05, 4.69) is 15.7 Å². The van der Waals surface area contributed by atoms with E-state index in [1.165, 1.54) is 6.07 Å². The molecule has 1 aromatic carbocycles. The van der Waals surface area contributed by atoms with Crippen molar-refractivity contribution in [3.63, 3.8) is 0 Å². The molecule has 102 valence electrons. The van der Waals surface area contributed by atoms with Gasteiger partial charge in [0.2, 0.25) is 0 Å². The molecule has 2 rings (SSSR count). The first kappa shape index (κ1) is 13.6. The lowest BCUT2D eigenvalue weighted by atomic mass is 10.00. The number of hydrogen-bond acceptors (Lipinski definition) is 4. The Morgan fingerprint density at radius 3 is 2.68 bits per heavy atom. The summed E-state index contributed by atoms with van der Waals surface area (Å²) in [5.41, 5.74) is 3.88. The monoisotopic (exact) mass is 267 g/mol. The molecule has 0 fully saturated rings. The fraction of sp³-hybridized carbons (Fsp3) is 0.333. The number of hydrogen-bond donors (Lipinski definition) is 2. The van der Waals surface area contributed by atoms with Crippen LogP contribution in [0.3, 0.4) is 0 Å². The summed E-state index contributed by atoms with van der Waals surface area (Å²) >= 11 is 0. The van der Waals surface area contributed by atoms with Gasteiger partial charge in [-0.25, -0.2) is 8.78 Å². The van der Waals surface area contributed by atoms with Crippen LogP contribution in [-0.2, 0) is 13.5 Å². The number of nitrogens with zero attached hydrogens (tertiary/aromatic N) is 3. The topological polar surface area (TPSA) is 68.8 Å². The zero-order chi connectivity index (χ0) is 14.0. The van der Waals surface area contributed by atoms with Crippen LogP contribution < -0.4 is 11.3 Å². The van der Waals surface area contributed by atoms with Crippen molar-refractivity contribution in [2.24, 2.45) is 12.9 Å². The van der Waals surface area contributed by atoms with Crippen molar-refractivity contribution in [2.75, 3.05) is 0 Å². The molecule has 0 bridgehead atoms. The quantitative estimate of drug-likeness (QED) is 0.644. The number of rotatable bonds is 4. The molecule has 3 N–H and O–H groups in total. The maximum Gasteiger partial charge on any atom is 0.130 e. The molecule has 0 aliphatic rings.